The summed E-state index contributed by atoms with van der Waals surface area (Å²) in [5.74, 6) is 0.271. The van der Waals surface area contributed by atoms with Crippen molar-refractivity contribution in [2.75, 3.05) is 0 Å². The van der Waals surface area contributed by atoms with Gasteiger partial charge in [0.2, 0.25) is 0 Å². The Morgan fingerprint density at radius 2 is 1.65 bits per heavy atom. The molecule has 0 radical (unpaired) electrons. The van der Waals surface area contributed by atoms with E-state index in [1.807, 2.05) is 62.4 Å². The van der Waals surface area contributed by atoms with E-state index in [4.69, 9.17) is 0 Å². The molecule has 2 heteroatoms. The lowest BCUT2D eigenvalue weighted by Gasteiger charge is -2.23. The van der Waals surface area contributed by atoms with Crippen LogP contribution in [0.2, 0.25) is 0 Å². The SMILES string of the molecule is CCC(=O)CC1=C(c2ccccc2C)C(=O)Cc2ccccc21. The molecule has 0 saturated carbocycles. The molecule has 0 bridgehead atoms. The highest BCUT2D eigenvalue weighted by Gasteiger charge is 2.27. The number of hydrogen-bond donors (Lipinski definition) is 0. The largest absolute Gasteiger partial charge is 0.299 e. The van der Waals surface area contributed by atoms with E-state index in [1.54, 1.807) is 0 Å². The van der Waals surface area contributed by atoms with Crippen LogP contribution < -0.4 is 0 Å². The Labute approximate surface area is 136 Å². The molecule has 0 N–H and O–H groups in total. The molecule has 23 heavy (non-hydrogen) atoms. The van der Waals surface area contributed by atoms with Crippen molar-refractivity contribution in [3.8, 4) is 0 Å². The molecule has 0 aromatic heterocycles. The fourth-order valence-electron chi connectivity index (χ4n) is 3.21. The lowest BCUT2D eigenvalue weighted by Crippen LogP contribution is -2.17. The summed E-state index contributed by atoms with van der Waals surface area (Å²) in [7, 11) is 0. The van der Waals surface area contributed by atoms with E-state index in [0.29, 0.717) is 19.3 Å². The van der Waals surface area contributed by atoms with E-state index < -0.39 is 0 Å². The number of Topliss-reactive ketones (excluding diaryl/α,β-unsaturated/α-hetero) is 2. The predicted octanol–water partition coefficient (Wildman–Crippen LogP) is 4.40. The summed E-state index contributed by atoms with van der Waals surface area (Å²) < 4.78 is 0. The number of aryl methyl sites for hydroxylation is 1. The van der Waals surface area contributed by atoms with Crippen molar-refractivity contribution in [1.29, 1.82) is 0 Å². The van der Waals surface area contributed by atoms with E-state index in [1.165, 1.54) is 0 Å². The van der Waals surface area contributed by atoms with Crippen LogP contribution in [0.1, 0.15) is 42.0 Å². The zero-order valence-electron chi connectivity index (χ0n) is 13.6. The minimum absolute atomic E-state index is 0.108. The Bertz CT molecular complexity index is 812. The molecular formula is C21H20O2. The maximum Gasteiger partial charge on any atom is 0.168 e. The zero-order chi connectivity index (χ0) is 16.4. The van der Waals surface area contributed by atoms with Gasteiger partial charge in [0.25, 0.3) is 0 Å². The Balaban J connectivity index is 2.26. The molecule has 0 atom stereocenters. The van der Waals surface area contributed by atoms with Crippen LogP contribution in [-0.4, -0.2) is 11.6 Å². The van der Waals surface area contributed by atoms with Gasteiger partial charge in [0.15, 0.2) is 5.78 Å². The van der Waals surface area contributed by atoms with Gasteiger partial charge in [-0.15, -0.1) is 0 Å². The van der Waals surface area contributed by atoms with Crippen LogP contribution in [0, 0.1) is 6.92 Å². The second-order valence-electron chi connectivity index (χ2n) is 5.99. The van der Waals surface area contributed by atoms with Gasteiger partial charge in [-0.25, -0.2) is 0 Å². The van der Waals surface area contributed by atoms with Gasteiger partial charge in [-0.05, 0) is 34.8 Å². The minimum Gasteiger partial charge on any atom is -0.299 e. The lowest BCUT2D eigenvalue weighted by atomic mass is 9.79. The number of benzene rings is 2. The number of rotatable bonds is 4. The van der Waals surface area contributed by atoms with Gasteiger partial charge in [0.1, 0.15) is 5.78 Å². The van der Waals surface area contributed by atoms with Gasteiger partial charge < -0.3 is 0 Å². The average Bonchev–Trinajstić information content (AvgIpc) is 2.56. The number of fused-ring (bicyclic) bond motifs is 1. The summed E-state index contributed by atoms with van der Waals surface area (Å²) in [6.07, 6.45) is 1.22. The number of hydrogen-bond acceptors (Lipinski definition) is 2. The van der Waals surface area contributed by atoms with Crippen molar-refractivity contribution < 1.29 is 9.59 Å². The summed E-state index contributed by atoms with van der Waals surface area (Å²) in [5, 5.41) is 0. The molecule has 0 fully saturated rings. The molecule has 1 aliphatic carbocycles. The van der Waals surface area contributed by atoms with Crippen LogP contribution in [0.3, 0.4) is 0 Å². The first-order valence-corrected chi connectivity index (χ1v) is 8.04. The van der Waals surface area contributed by atoms with E-state index in [-0.39, 0.29) is 11.6 Å². The Morgan fingerprint density at radius 1 is 1.00 bits per heavy atom. The van der Waals surface area contributed by atoms with Gasteiger partial charge in [0.05, 0.1) is 0 Å². The van der Waals surface area contributed by atoms with Crippen LogP contribution in [0.5, 0.6) is 0 Å². The van der Waals surface area contributed by atoms with Crippen molar-refractivity contribution in [2.24, 2.45) is 0 Å². The minimum atomic E-state index is 0.108. The standard InChI is InChI=1S/C21H20O2/c1-3-16(22)13-19-18-11-7-5-9-15(18)12-20(23)21(19)17-10-6-4-8-14(17)2/h4-11H,3,12-13H2,1-2H3. The molecule has 0 saturated heterocycles. The average molecular weight is 304 g/mol. The smallest absolute Gasteiger partial charge is 0.168 e. The quantitative estimate of drug-likeness (QED) is 0.839. The monoisotopic (exact) mass is 304 g/mol. The molecule has 116 valence electrons. The fourth-order valence-corrected chi connectivity index (χ4v) is 3.21. The number of carbonyl (C=O) groups excluding carboxylic acids is 2. The molecule has 1 aliphatic rings. The lowest BCUT2D eigenvalue weighted by molar-refractivity contribution is -0.117. The van der Waals surface area contributed by atoms with Gasteiger partial charge >= 0.3 is 0 Å². The number of ketones is 2. The van der Waals surface area contributed by atoms with Gasteiger partial charge in [-0.3, -0.25) is 9.59 Å². The molecule has 0 heterocycles. The number of carbonyl (C=O) groups is 2. The first-order valence-electron chi connectivity index (χ1n) is 8.04. The summed E-state index contributed by atoms with van der Waals surface area (Å²) in [4.78, 5) is 24.9. The van der Waals surface area contributed by atoms with Crippen LogP contribution in [-0.2, 0) is 16.0 Å². The van der Waals surface area contributed by atoms with Crippen LogP contribution in [0.25, 0.3) is 11.1 Å². The summed E-state index contributed by atoms with van der Waals surface area (Å²) >= 11 is 0. The molecule has 3 rings (SSSR count). The number of allylic oxidation sites excluding steroid dienone is 2. The van der Waals surface area contributed by atoms with Crippen LogP contribution in [0.4, 0.5) is 0 Å². The van der Waals surface area contributed by atoms with E-state index in [2.05, 4.69) is 0 Å². The first-order chi connectivity index (χ1) is 11.1. The van der Waals surface area contributed by atoms with Crippen LogP contribution >= 0.6 is 0 Å². The third kappa shape index (κ3) is 2.89. The van der Waals surface area contributed by atoms with Gasteiger partial charge in [0, 0.05) is 24.8 Å². The topological polar surface area (TPSA) is 34.1 Å². The Kier molecular flexibility index (Phi) is 4.24. The fraction of sp³-hybridized carbons (Fsp3) is 0.238. The Hall–Kier alpha value is -2.48. The maximum atomic E-state index is 12.8. The second kappa shape index (κ2) is 6.33. The van der Waals surface area contributed by atoms with Crippen molar-refractivity contribution in [2.45, 2.75) is 33.1 Å². The molecular weight excluding hydrogens is 284 g/mol. The van der Waals surface area contributed by atoms with Crippen molar-refractivity contribution >= 4 is 22.7 Å². The van der Waals surface area contributed by atoms with E-state index in [0.717, 1.165) is 33.4 Å². The Morgan fingerprint density at radius 3 is 2.35 bits per heavy atom. The molecule has 2 nitrogen and oxygen atoms in total. The molecule has 2 aromatic carbocycles. The second-order valence-corrected chi connectivity index (χ2v) is 5.99. The van der Waals surface area contributed by atoms with E-state index >= 15 is 0 Å². The molecule has 0 amide bonds. The highest BCUT2D eigenvalue weighted by Crippen LogP contribution is 2.38. The third-order valence-electron chi connectivity index (χ3n) is 4.46. The normalized spacial score (nSPS) is 13.9. The van der Waals surface area contributed by atoms with Crippen molar-refractivity contribution in [3.05, 3.63) is 70.8 Å². The summed E-state index contributed by atoms with van der Waals surface area (Å²) in [5.41, 5.74) is 5.70. The van der Waals surface area contributed by atoms with Gasteiger partial charge in [-0.2, -0.15) is 0 Å². The van der Waals surface area contributed by atoms with Crippen molar-refractivity contribution in [3.63, 3.8) is 0 Å². The molecule has 2 aromatic rings. The molecule has 0 unspecified atom stereocenters. The predicted molar refractivity (Wildman–Crippen MR) is 93.1 cm³/mol. The van der Waals surface area contributed by atoms with Crippen molar-refractivity contribution in [1.82, 2.24) is 0 Å². The third-order valence-corrected chi connectivity index (χ3v) is 4.46. The summed E-state index contributed by atoms with van der Waals surface area (Å²) in [6.45, 7) is 3.88. The molecule has 0 aliphatic heterocycles. The zero-order valence-corrected chi connectivity index (χ0v) is 13.6. The summed E-state index contributed by atoms with van der Waals surface area (Å²) in [6, 6.07) is 15.8. The molecule has 0 spiro atoms. The highest BCUT2D eigenvalue weighted by molar-refractivity contribution is 6.31. The first kappa shape index (κ1) is 15.4. The van der Waals surface area contributed by atoms with E-state index in [9.17, 15) is 9.59 Å². The highest BCUT2D eigenvalue weighted by atomic mass is 16.1. The van der Waals surface area contributed by atoms with Gasteiger partial charge in [-0.1, -0.05) is 55.5 Å². The maximum absolute atomic E-state index is 12.8. The van der Waals surface area contributed by atoms with Crippen LogP contribution in [0.15, 0.2) is 48.5 Å².